The highest BCUT2D eigenvalue weighted by Crippen LogP contribution is 2.28. The molecule has 1 aromatic heterocycles. The SMILES string of the molecule is CC[C@@H](C)N(C(=O)CSc1nnc(Nc2ccccc2)s1)[C@@H](C)CC. The molecule has 136 valence electrons. The number of para-hydroxylation sites is 1. The van der Waals surface area contributed by atoms with Gasteiger partial charge in [0, 0.05) is 17.8 Å². The lowest BCUT2D eigenvalue weighted by Crippen LogP contribution is -2.45. The fraction of sp³-hybridized carbons (Fsp3) is 0.500. The van der Waals surface area contributed by atoms with Crippen LogP contribution in [0.3, 0.4) is 0 Å². The van der Waals surface area contributed by atoms with Crippen molar-refractivity contribution in [2.24, 2.45) is 0 Å². The molecule has 0 aliphatic rings. The molecule has 0 saturated heterocycles. The largest absolute Gasteiger partial charge is 0.337 e. The van der Waals surface area contributed by atoms with Gasteiger partial charge in [0.1, 0.15) is 0 Å². The number of amides is 1. The molecular formula is C18H26N4OS2. The van der Waals surface area contributed by atoms with Gasteiger partial charge in [0.15, 0.2) is 4.34 Å². The number of aromatic nitrogens is 2. The average molecular weight is 379 g/mol. The molecule has 5 nitrogen and oxygen atoms in total. The molecule has 2 atom stereocenters. The second-order valence-electron chi connectivity index (χ2n) is 5.97. The Hall–Kier alpha value is -1.60. The van der Waals surface area contributed by atoms with E-state index in [2.05, 4.69) is 43.2 Å². The Balaban J connectivity index is 1.93. The lowest BCUT2D eigenvalue weighted by atomic mass is 10.1. The maximum atomic E-state index is 12.7. The Labute approximate surface area is 158 Å². The zero-order valence-corrected chi connectivity index (χ0v) is 16.9. The summed E-state index contributed by atoms with van der Waals surface area (Å²) in [5.41, 5.74) is 0.978. The maximum absolute atomic E-state index is 12.7. The van der Waals surface area contributed by atoms with E-state index in [1.54, 1.807) is 0 Å². The van der Waals surface area contributed by atoms with Crippen molar-refractivity contribution in [1.29, 1.82) is 0 Å². The summed E-state index contributed by atoms with van der Waals surface area (Å²) in [6.45, 7) is 8.46. The summed E-state index contributed by atoms with van der Waals surface area (Å²) in [7, 11) is 0. The number of carbonyl (C=O) groups is 1. The van der Waals surface area contributed by atoms with Crippen LogP contribution >= 0.6 is 23.1 Å². The Morgan fingerprint density at radius 2 is 1.80 bits per heavy atom. The monoisotopic (exact) mass is 378 g/mol. The lowest BCUT2D eigenvalue weighted by molar-refractivity contribution is -0.132. The molecule has 0 radical (unpaired) electrons. The predicted octanol–water partition coefficient (Wildman–Crippen LogP) is 4.80. The van der Waals surface area contributed by atoms with E-state index in [1.807, 2.05) is 35.2 Å². The number of hydrogen-bond donors (Lipinski definition) is 1. The van der Waals surface area contributed by atoms with Crippen molar-refractivity contribution in [2.45, 2.75) is 57.0 Å². The number of benzene rings is 1. The predicted molar refractivity (Wildman–Crippen MR) is 107 cm³/mol. The molecule has 0 fully saturated rings. The first kappa shape index (κ1) is 19.7. The first-order valence-corrected chi connectivity index (χ1v) is 10.4. The molecule has 0 saturated carbocycles. The van der Waals surface area contributed by atoms with Crippen LogP contribution in [-0.4, -0.2) is 38.8 Å². The molecule has 1 aromatic carbocycles. The van der Waals surface area contributed by atoms with Crippen LogP contribution in [0, 0.1) is 0 Å². The lowest BCUT2D eigenvalue weighted by Gasteiger charge is -2.33. The fourth-order valence-corrected chi connectivity index (χ4v) is 4.12. The number of hydrogen-bond acceptors (Lipinski definition) is 6. The molecule has 0 aliphatic heterocycles. The smallest absolute Gasteiger partial charge is 0.233 e. The van der Waals surface area contributed by atoms with Crippen molar-refractivity contribution in [3.63, 3.8) is 0 Å². The molecule has 25 heavy (non-hydrogen) atoms. The highest BCUT2D eigenvalue weighted by molar-refractivity contribution is 8.01. The van der Waals surface area contributed by atoms with E-state index in [0.717, 1.165) is 28.0 Å². The fourth-order valence-electron chi connectivity index (χ4n) is 2.48. The zero-order chi connectivity index (χ0) is 18.2. The van der Waals surface area contributed by atoms with Crippen molar-refractivity contribution in [3.05, 3.63) is 30.3 Å². The van der Waals surface area contributed by atoms with Gasteiger partial charge in [-0.1, -0.05) is 55.1 Å². The molecule has 0 aliphatic carbocycles. The molecule has 1 heterocycles. The van der Waals surface area contributed by atoms with Gasteiger partial charge in [-0.25, -0.2) is 0 Å². The van der Waals surface area contributed by atoms with Crippen LogP contribution in [0.2, 0.25) is 0 Å². The van der Waals surface area contributed by atoms with E-state index >= 15 is 0 Å². The van der Waals surface area contributed by atoms with Gasteiger partial charge in [0.2, 0.25) is 11.0 Å². The third-order valence-electron chi connectivity index (χ3n) is 4.17. The summed E-state index contributed by atoms with van der Waals surface area (Å²) < 4.78 is 0.806. The van der Waals surface area contributed by atoms with Crippen molar-refractivity contribution in [1.82, 2.24) is 15.1 Å². The molecular weight excluding hydrogens is 352 g/mol. The van der Waals surface area contributed by atoms with Gasteiger partial charge in [-0.05, 0) is 38.8 Å². The van der Waals surface area contributed by atoms with Gasteiger partial charge in [0.05, 0.1) is 5.75 Å². The van der Waals surface area contributed by atoms with Crippen LogP contribution < -0.4 is 5.32 Å². The summed E-state index contributed by atoms with van der Waals surface area (Å²) in [5, 5.41) is 12.3. The molecule has 2 rings (SSSR count). The summed E-state index contributed by atoms with van der Waals surface area (Å²) in [4.78, 5) is 14.7. The van der Waals surface area contributed by atoms with E-state index < -0.39 is 0 Å². The molecule has 0 bridgehead atoms. The van der Waals surface area contributed by atoms with Crippen LogP contribution in [0.1, 0.15) is 40.5 Å². The maximum Gasteiger partial charge on any atom is 0.233 e. The number of thioether (sulfide) groups is 1. The van der Waals surface area contributed by atoms with Crippen LogP contribution in [0.5, 0.6) is 0 Å². The molecule has 0 spiro atoms. The molecule has 7 heteroatoms. The van der Waals surface area contributed by atoms with E-state index in [1.165, 1.54) is 23.1 Å². The van der Waals surface area contributed by atoms with Gasteiger partial charge in [0.25, 0.3) is 0 Å². The van der Waals surface area contributed by atoms with Crippen molar-refractivity contribution in [2.75, 3.05) is 11.1 Å². The Kier molecular flexibility index (Phi) is 7.71. The topological polar surface area (TPSA) is 58.1 Å². The Morgan fingerprint density at radius 3 is 2.40 bits per heavy atom. The minimum atomic E-state index is 0.168. The minimum absolute atomic E-state index is 0.168. The molecule has 0 unspecified atom stereocenters. The molecule has 1 amide bonds. The van der Waals surface area contributed by atoms with Crippen molar-refractivity contribution in [3.8, 4) is 0 Å². The summed E-state index contributed by atoms with van der Waals surface area (Å²) in [5.74, 6) is 0.565. The van der Waals surface area contributed by atoms with Crippen LogP contribution in [-0.2, 0) is 4.79 Å². The van der Waals surface area contributed by atoms with Gasteiger partial charge >= 0.3 is 0 Å². The standard InChI is InChI=1S/C18H26N4OS2/c1-5-13(3)22(14(4)6-2)16(23)12-24-18-21-20-17(25-18)19-15-10-8-7-9-11-15/h7-11,13-14H,5-6,12H2,1-4H3,(H,19,20)/t13-,14+. The third kappa shape index (κ3) is 5.71. The Bertz CT molecular complexity index is 652. The second kappa shape index (κ2) is 9.77. The average Bonchev–Trinajstić information content (AvgIpc) is 3.08. The van der Waals surface area contributed by atoms with Gasteiger partial charge < -0.3 is 10.2 Å². The van der Waals surface area contributed by atoms with E-state index in [4.69, 9.17) is 0 Å². The van der Waals surface area contributed by atoms with Crippen molar-refractivity contribution >= 4 is 39.8 Å². The number of nitrogens with zero attached hydrogens (tertiary/aromatic N) is 3. The second-order valence-corrected chi connectivity index (χ2v) is 8.17. The van der Waals surface area contributed by atoms with Gasteiger partial charge in [-0.15, -0.1) is 10.2 Å². The van der Waals surface area contributed by atoms with E-state index in [0.29, 0.717) is 5.75 Å². The van der Waals surface area contributed by atoms with Crippen molar-refractivity contribution < 1.29 is 4.79 Å². The Morgan fingerprint density at radius 1 is 1.16 bits per heavy atom. The number of rotatable bonds is 9. The van der Waals surface area contributed by atoms with Crippen LogP contribution in [0.15, 0.2) is 34.7 Å². The first-order valence-electron chi connectivity index (χ1n) is 8.64. The molecule has 2 aromatic rings. The van der Waals surface area contributed by atoms with E-state index in [-0.39, 0.29) is 18.0 Å². The van der Waals surface area contributed by atoms with Gasteiger partial charge in [-0.2, -0.15) is 0 Å². The summed E-state index contributed by atoms with van der Waals surface area (Å²) in [6, 6.07) is 10.4. The molecule has 1 N–H and O–H groups in total. The normalized spacial score (nSPS) is 13.3. The van der Waals surface area contributed by atoms with Gasteiger partial charge in [-0.3, -0.25) is 4.79 Å². The summed E-state index contributed by atoms with van der Waals surface area (Å²) >= 11 is 2.93. The number of carbonyl (C=O) groups excluding carboxylic acids is 1. The first-order chi connectivity index (χ1) is 12.0. The zero-order valence-electron chi connectivity index (χ0n) is 15.2. The minimum Gasteiger partial charge on any atom is -0.337 e. The van der Waals surface area contributed by atoms with E-state index in [9.17, 15) is 4.79 Å². The van der Waals surface area contributed by atoms with Crippen LogP contribution in [0.4, 0.5) is 10.8 Å². The summed E-state index contributed by atoms with van der Waals surface area (Å²) in [6.07, 6.45) is 1.93. The van der Waals surface area contributed by atoms with Crippen LogP contribution in [0.25, 0.3) is 0 Å². The number of nitrogens with one attached hydrogen (secondary N) is 1. The highest BCUT2D eigenvalue weighted by Gasteiger charge is 2.23. The number of anilines is 2. The third-order valence-corrected chi connectivity index (χ3v) is 6.13. The quantitative estimate of drug-likeness (QED) is 0.635. The highest BCUT2D eigenvalue weighted by atomic mass is 32.2.